The standard InChI is InChI=1S/C20H24N2O/c1-16-4-2-5-17(12-16)7-8-18-9-11-22(20(23)13-18)15-19-6-3-10-21-14-19/h2,4-5,7-9,11-13,19,21H,3,6,10,14-15H2,1H3/b8-7+. The Hall–Kier alpha value is -2.13. The van der Waals surface area contributed by atoms with Crippen molar-refractivity contribution in [3.63, 3.8) is 0 Å². The third kappa shape index (κ3) is 4.42. The van der Waals surface area contributed by atoms with Gasteiger partial charge in [0.25, 0.3) is 5.56 Å². The number of nitrogens with one attached hydrogen (secondary N) is 1. The van der Waals surface area contributed by atoms with Crippen LogP contribution in [0.25, 0.3) is 12.2 Å². The number of aromatic nitrogens is 1. The summed E-state index contributed by atoms with van der Waals surface area (Å²) in [5.74, 6) is 0.565. The lowest BCUT2D eigenvalue weighted by Gasteiger charge is -2.23. The number of rotatable bonds is 4. The van der Waals surface area contributed by atoms with Gasteiger partial charge in [0.2, 0.25) is 0 Å². The maximum atomic E-state index is 12.3. The largest absolute Gasteiger partial charge is 0.316 e. The number of pyridine rings is 1. The molecule has 2 aromatic rings. The molecule has 1 aromatic carbocycles. The molecular formula is C20H24N2O. The Labute approximate surface area is 137 Å². The van der Waals surface area contributed by atoms with E-state index in [4.69, 9.17) is 0 Å². The quantitative estimate of drug-likeness (QED) is 0.940. The minimum atomic E-state index is 0.0852. The van der Waals surface area contributed by atoms with Gasteiger partial charge in [-0.05, 0) is 56.0 Å². The van der Waals surface area contributed by atoms with E-state index < -0.39 is 0 Å². The maximum Gasteiger partial charge on any atom is 0.251 e. The van der Waals surface area contributed by atoms with Crippen LogP contribution in [0, 0.1) is 12.8 Å². The summed E-state index contributed by atoms with van der Waals surface area (Å²) < 4.78 is 1.83. The molecule has 3 rings (SSSR count). The highest BCUT2D eigenvalue weighted by Crippen LogP contribution is 2.12. The van der Waals surface area contributed by atoms with Gasteiger partial charge in [-0.15, -0.1) is 0 Å². The minimum absolute atomic E-state index is 0.0852. The number of hydrogen-bond donors (Lipinski definition) is 1. The van der Waals surface area contributed by atoms with Gasteiger partial charge in [-0.25, -0.2) is 0 Å². The Kier molecular flexibility index (Phi) is 5.09. The molecule has 0 spiro atoms. The Balaban J connectivity index is 1.70. The molecule has 3 nitrogen and oxygen atoms in total. The van der Waals surface area contributed by atoms with Gasteiger partial charge in [0.05, 0.1) is 0 Å². The monoisotopic (exact) mass is 308 g/mol. The van der Waals surface area contributed by atoms with Gasteiger partial charge in [0, 0.05) is 18.8 Å². The summed E-state index contributed by atoms with van der Waals surface area (Å²) in [7, 11) is 0. The SMILES string of the molecule is Cc1cccc(/C=C/c2ccn(CC3CCCNC3)c(=O)c2)c1. The summed E-state index contributed by atoms with van der Waals surface area (Å²) in [6.07, 6.45) is 8.39. The number of piperidine rings is 1. The summed E-state index contributed by atoms with van der Waals surface area (Å²) in [5, 5.41) is 3.40. The van der Waals surface area contributed by atoms with Crippen LogP contribution in [0.5, 0.6) is 0 Å². The Morgan fingerprint density at radius 2 is 2.04 bits per heavy atom. The Bertz CT molecular complexity index is 739. The van der Waals surface area contributed by atoms with E-state index >= 15 is 0 Å². The molecule has 0 amide bonds. The van der Waals surface area contributed by atoms with E-state index in [-0.39, 0.29) is 5.56 Å². The second-order valence-corrected chi connectivity index (χ2v) is 6.41. The van der Waals surface area contributed by atoms with Gasteiger partial charge in [-0.2, -0.15) is 0 Å². The van der Waals surface area contributed by atoms with E-state index in [1.54, 1.807) is 6.07 Å². The molecule has 0 aliphatic carbocycles. The molecule has 1 fully saturated rings. The lowest BCUT2D eigenvalue weighted by molar-refractivity contribution is 0.334. The predicted octanol–water partition coefficient (Wildman–Crippen LogP) is 3.33. The lowest BCUT2D eigenvalue weighted by Crippen LogP contribution is -2.34. The number of hydrogen-bond acceptors (Lipinski definition) is 2. The van der Waals surface area contributed by atoms with Crippen molar-refractivity contribution in [2.75, 3.05) is 13.1 Å². The zero-order chi connectivity index (χ0) is 16.1. The van der Waals surface area contributed by atoms with E-state index in [0.717, 1.165) is 30.8 Å². The van der Waals surface area contributed by atoms with Crippen molar-refractivity contribution in [2.24, 2.45) is 5.92 Å². The molecule has 23 heavy (non-hydrogen) atoms. The van der Waals surface area contributed by atoms with E-state index in [9.17, 15) is 4.79 Å². The lowest BCUT2D eigenvalue weighted by atomic mass is 9.99. The van der Waals surface area contributed by atoms with E-state index in [0.29, 0.717) is 5.92 Å². The fraction of sp³-hybridized carbons (Fsp3) is 0.350. The molecule has 0 radical (unpaired) electrons. The highest BCUT2D eigenvalue weighted by molar-refractivity contribution is 5.69. The summed E-state index contributed by atoms with van der Waals surface area (Å²) in [6.45, 7) is 5.02. The molecule has 3 heteroatoms. The van der Waals surface area contributed by atoms with Crippen LogP contribution in [-0.4, -0.2) is 17.7 Å². The topological polar surface area (TPSA) is 34.0 Å². The molecule has 0 bridgehead atoms. The molecule has 1 saturated heterocycles. The van der Waals surface area contributed by atoms with Crippen LogP contribution >= 0.6 is 0 Å². The summed E-state index contributed by atoms with van der Waals surface area (Å²) in [6, 6.07) is 12.1. The molecule has 1 N–H and O–H groups in total. The van der Waals surface area contributed by atoms with Crippen molar-refractivity contribution in [1.82, 2.24) is 9.88 Å². The number of benzene rings is 1. The second-order valence-electron chi connectivity index (χ2n) is 6.41. The normalized spacial score (nSPS) is 18.4. The second kappa shape index (κ2) is 7.42. The molecule has 1 aliphatic rings. The third-order valence-corrected chi connectivity index (χ3v) is 4.38. The highest BCUT2D eigenvalue weighted by atomic mass is 16.1. The van der Waals surface area contributed by atoms with Gasteiger partial charge in [0.1, 0.15) is 0 Å². The van der Waals surface area contributed by atoms with Crippen LogP contribution in [0.2, 0.25) is 0 Å². The van der Waals surface area contributed by atoms with Crippen molar-refractivity contribution in [2.45, 2.75) is 26.3 Å². The number of nitrogens with zero attached hydrogens (tertiary/aromatic N) is 1. The predicted molar refractivity (Wildman–Crippen MR) is 96.4 cm³/mol. The van der Waals surface area contributed by atoms with Crippen LogP contribution in [0.15, 0.2) is 47.4 Å². The summed E-state index contributed by atoms with van der Waals surface area (Å²) in [5.41, 5.74) is 3.43. The van der Waals surface area contributed by atoms with Gasteiger partial charge in [-0.3, -0.25) is 4.79 Å². The first-order valence-electron chi connectivity index (χ1n) is 8.37. The maximum absolute atomic E-state index is 12.3. The van der Waals surface area contributed by atoms with Crippen LogP contribution in [-0.2, 0) is 6.54 Å². The molecule has 1 aliphatic heterocycles. The van der Waals surface area contributed by atoms with Gasteiger partial charge < -0.3 is 9.88 Å². The summed E-state index contributed by atoms with van der Waals surface area (Å²) in [4.78, 5) is 12.3. The van der Waals surface area contributed by atoms with Gasteiger partial charge in [-0.1, -0.05) is 42.0 Å². The molecule has 120 valence electrons. The first-order chi connectivity index (χ1) is 11.2. The zero-order valence-corrected chi connectivity index (χ0v) is 13.7. The highest BCUT2D eigenvalue weighted by Gasteiger charge is 2.13. The van der Waals surface area contributed by atoms with Crippen molar-refractivity contribution in [3.8, 4) is 0 Å². The molecule has 1 atom stereocenters. The van der Waals surface area contributed by atoms with Crippen molar-refractivity contribution >= 4 is 12.2 Å². The smallest absolute Gasteiger partial charge is 0.251 e. The van der Waals surface area contributed by atoms with Crippen molar-refractivity contribution in [1.29, 1.82) is 0 Å². The minimum Gasteiger partial charge on any atom is -0.316 e. The van der Waals surface area contributed by atoms with Crippen LogP contribution in [0.3, 0.4) is 0 Å². The first-order valence-corrected chi connectivity index (χ1v) is 8.37. The van der Waals surface area contributed by atoms with Crippen molar-refractivity contribution < 1.29 is 0 Å². The average molecular weight is 308 g/mol. The molecule has 1 aromatic heterocycles. The van der Waals surface area contributed by atoms with E-state index in [1.165, 1.54) is 18.4 Å². The van der Waals surface area contributed by atoms with Gasteiger partial charge >= 0.3 is 0 Å². The van der Waals surface area contributed by atoms with Crippen molar-refractivity contribution in [3.05, 3.63) is 69.6 Å². The molecule has 1 unspecified atom stereocenters. The average Bonchev–Trinajstić information content (AvgIpc) is 2.56. The van der Waals surface area contributed by atoms with Crippen LogP contribution in [0.1, 0.15) is 29.5 Å². The number of aryl methyl sites for hydroxylation is 1. The fourth-order valence-corrected chi connectivity index (χ4v) is 3.10. The zero-order valence-electron chi connectivity index (χ0n) is 13.7. The fourth-order valence-electron chi connectivity index (χ4n) is 3.10. The molecule has 0 saturated carbocycles. The Morgan fingerprint density at radius 1 is 1.22 bits per heavy atom. The van der Waals surface area contributed by atoms with Crippen LogP contribution in [0.4, 0.5) is 0 Å². The summed E-state index contributed by atoms with van der Waals surface area (Å²) >= 11 is 0. The molecular weight excluding hydrogens is 284 g/mol. The van der Waals surface area contributed by atoms with Crippen LogP contribution < -0.4 is 10.9 Å². The van der Waals surface area contributed by atoms with E-state index in [2.05, 4.69) is 36.5 Å². The van der Waals surface area contributed by atoms with Gasteiger partial charge in [0.15, 0.2) is 0 Å². The van der Waals surface area contributed by atoms with E-state index in [1.807, 2.05) is 29.0 Å². The first kappa shape index (κ1) is 15.8. The third-order valence-electron chi connectivity index (χ3n) is 4.38. The Morgan fingerprint density at radius 3 is 2.74 bits per heavy atom. The molecule has 2 heterocycles.